The zero-order valence-corrected chi connectivity index (χ0v) is 19.7. The third-order valence-corrected chi connectivity index (χ3v) is 4.78. The van der Waals surface area contributed by atoms with E-state index in [0.29, 0.717) is 17.2 Å². The normalized spacial score (nSPS) is 10.7. The van der Waals surface area contributed by atoms with Gasteiger partial charge in [0.1, 0.15) is 11.5 Å². The molecular weight excluding hydrogens is 443 g/mol. The summed E-state index contributed by atoms with van der Waals surface area (Å²) < 4.78 is 42.9. The van der Waals surface area contributed by atoms with Crippen molar-refractivity contribution >= 4 is 21.8 Å². The van der Waals surface area contributed by atoms with Gasteiger partial charge in [-0.2, -0.15) is 18.4 Å². The number of nitrogens with zero attached hydrogens (tertiary/aromatic N) is 3. The Morgan fingerprint density at radius 1 is 0.719 bits per heavy atom. The van der Waals surface area contributed by atoms with Gasteiger partial charge in [-0.3, -0.25) is 4.55 Å². The Morgan fingerprint density at radius 3 is 1.62 bits per heavy atom. The van der Waals surface area contributed by atoms with Gasteiger partial charge in [-0.05, 0) is 48.5 Å². The molecule has 32 heavy (non-hydrogen) atoms. The smallest absolute Gasteiger partial charge is 1.00 e. The van der Waals surface area contributed by atoms with Crippen LogP contribution in [-0.2, 0) is 10.1 Å². The van der Waals surface area contributed by atoms with Gasteiger partial charge in [0.25, 0.3) is 10.1 Å². The van der Waals surface area contributed by atoms with Crippen molar-refractivity contribution in [2.75, 3.05) is 5.32 Å². The molecule has 0 fully saturated rings. The van der Waals surface area contributed by atoms with Crippen LogP contribution in [0.2, 0.25) is 0 Å². The van der Waals surface area contributed by atoms with Crippen LogP contribution >= 0.6 is 0 Å². The van der Waals surface area contributed by atoms with Crippen molar-refractivity contribution in [3.8, 4) is 23.5 Å². The maximum absolute atomic E-state index is 11.2. The molecule has 4 aromatic rings. The number of nitrogens with one attached hydrogen (secondary N) is 1. The number of para-hydroxylation sites is 2. The molecule has 11 heteroatoms. The van der Waals surface area contributed by atoms with Gasteiger partial charge in [0.15, 0.2) is 0 Å². The molecule has 0 bridgehead atoms. The van der Waals surface area contributed by atoms with Crippen molar-refractivity contribution in [2.45, 2.75) is 4.90 Å². The standard InChI is InChI=1S/C21H16N4O5S.Na.H/c26-31(27,28)18-13-11-15(12-14-18)22-19-23-20(29-16-7-3-1-4-8-16)25-21(24-19)30-17-9-5-2-6-10-17;;/h1-14H,(H,26,27,28)(H,22,23,24,25);;/q;+1;-1. The number of anilines is 2. The summed E-state index contributed by atoms with van der Waals surface area (Å²) in [7, 11) is -4.28. The van der Waals surface area contributed by atoms with Gasteiger partial charge >= 0.3 is 41.6 Å². The van der Waals surface area contributed by atoms with Crippen LogP contribution in [0.3, 0.4) is 0 Å². The second-order valence-electron chi connectivity index (χ2n) is 6.18. The molecule has 0 saturated carbocycles. The average Bonchev–Trinajstić information content (AvgIpc) is 2.75. The van der Waals surface area contributed by atoms with E-state index in [-0.39, 0.29) is 53.8 Å². The minimum absolute atomic E-state index is 0. The molecule has 0 spiro atoms. The van der Waals surface area contributed by atoms with Crippen LogP contribution in [0.5, 0.6) is 23.5 Å². The first-order chi connectivity index (χ1) is 15.0. The topological polar surface area (TPSA) is 124 Å². The predicted octanol–water partition coefficient (Wildman–Crippen LogP) is 1.56. The number of rotatable bonds is 7. The molecule has 158 valence electrons. The molecule has 0 radical (unpaired) electrons. The Labute approximate surface area is 208 Å². The molecule has 1 heterocycles. The van der Waals surface area contributed by atoms with Crippen molar-refractivity contribution in [3.63, 3.8) is 0 Å². The van der Waals surface area contributed by atoms with Crippen LogP contribution in [0.1, 0.15) is 1.43 Å². The molecule has 2 N–H and O–H groups in total. The minimum Gasteiger partial charge on any atom is -1.00 e. The van der Waals surface area contributed by atoms with E-state index in [2.05, 4.69) is 20.3 Å². The number of hydrogen-bond donors (Lipinski definition) is 2. The predicted molar refractivity (Wildman–Crippen MR) is 114 cm³/mol. The summed E-state index contributed by atoms with van der Waals surface area (Å²) in [6.07, 6.45) is 0. The average molecular weight is 460 g/mol. The van der Waals surface area contributed by atoms with E-state index in [9.17, 15) is 8.42 Å². The molecule has 0 unspecified atom stereocenters. The monoisotopic (exact) mass is 460 g/mol. The molecule has 3 aromatic carbocycles. The quantitative estimate of drug-likeness (QED) is 0.312. The summed E-state index contributed by atoms with van der Waals surface area (Å²) >= 11 is 0. The van der Waals surface area contributed by atoms with Gasteiger partial charge in [0, 0.05) is 5.69 Å². The van der Waals surface area contributed by atoms with Gasteiger partial charge in [0.05, 0.1) is 4.90 Å². The van der Waals surface area contributed by atoms with E-state index in [0.717, 1.165) is 0 Å². The second kappa shape index (κ2) is 10.5. The zero-order valence-electron chi connectivity index (χ0n) is 17.9. The number of ether oxygens (including phenoxy) is 2. The van der Waals surface area contributed by atoms with Crippen molar-refractivity contribution < 1.29 is 53.4 Å². The van der Waals surface area contributed by atoms with Gasteiger partial charge < -0.3 is 16.2 Å². The third-order valence-electron chi connectivity index (χ3n) is 3.91. The SMILES string of the molecule is O=S(=O)(O)c1ccc(Nc2nc(Oc3ccccc3)nc(Oc3ccccc3)n2)cc1.[H-].[Na+]. The molecular formula is C21H17N4NaO5S. The summed E-state index contributed by atoms with van der Waals surface area (Å²) in [5.74, 6) is 1.18. The first kappa shape index (κ1) is 23.6. The first-order valence-electron chi connectivity index (χ1n) is 9.02. The Bertz CT molecular complexity index is 1220. The second-order valence-corrected chi connectivity index (χ2v) is 7.60. The maximum Gasteiger partial charge on any atom is 1.00 e. The van der Waals surface area contributed by atoms with Crippen LogP contribution in [0, 0.1) is 0 Å². The summed E-state index contributed by atoms with van der Waals surface area (Å²) in [5.41, 5.74) is 0.481. The van der Waals surface area contributed by atoms with Gasteiger partial charge in [-0.25, -0.2) is 0 Å². The van der Waals surface area contributed by atoms with E-state index in [1.54, 1.807) is 24.3 Å². The van der Waals surface area contributed by atoms with Crippen LogP contribution in [0.25, 0.3) is 0 Å². The molecule has 0 atom stereocenters. The van der Waals surface area contributed by atoms with Crippen molar-refractivity contribution in [2.24, 2.45) is 0 Å². The van der Waals surface area contributed by atoms with Crippen LogP contribution in [-0.4, -0.2) is 27.9 Å². The van der Waals surface area contributed by atoms with E-state index in [1.165, 1.54) is 24.3 Å². The number of aromatic nitrogens is 3. The van der Waals surface area contributed by atoms with Crippen LogP contribution in [0.4, 0.5) is 11.6 Å². The largest absolute Gasteiger partial charge is 1.00 e. The van der Waals surface area contributed by atoms with Crippen LogP contribution < -0.4 is 44.3 Å². The Morgan fingerprint density at radius 2 is 1.19 bits per heavy atom. The molecule has 0 aliphatic carbocycles. The summed E-state index contributed by atoms with van der Waals surface area (Å²) in [4.78, 5) is 12.4. The van der Waals surface area contributed by atoms with Crippen LogP contribution in [0.15, 0.2) is 89.8 Å². The van der Waals surface area contributed by atoms with E-state index < -0.39 is 10.1 Å². The number of benzene rings is 3. The van der Waals surface area contributed by atoms with E-state index >= 15 is 0 Å². The first-order valence-corrected chi connectivity index (χ1v) is 10.5. The summed E-state index contributed by atoms with van der Waals surface area (Å²) in [5, 5.41) is 2.94. The summed E-state index contributed by atoms with van der Waals surface area (Å²) in [6, 6.07) is 23.4. The molecule has 0 amide bonds. The van der Waals surface area contributed by atoms with Gasteiger partial charge in [-0.1, -0.05) is 36.4 Å². The fourth-order valence-corrected chi connectivity index (χ4v) is 2.99. The van der Waals surface area contributed by atoms with Gasteiger partial charge in [-0.15, -0.1) is 4.98 Å². The van der Waals surface area contributed by atoms with Crippen molar-refractivity contribution in [1.29, 1.82) is 0 Å². The Balaban J connectivity index is 0.00000193. The van der Waals surface area contributed by atoms with Gasteiger partial charge in [0.2, 0.25) is 5.95 Å². The fraction of sp³-hybridized carbons (Fsp3) is 0. The minimum atomic E-state index is -4.28. The van der Waals surface area contributed by atoms with Crippen molar-refractivity contribution in [3.05, 3.63) is 84.9 Å². The maximum atomic E-state index is 11.2. The zero-order chi connectivity index (χ0) is 21.7. The molecule has 9 nitrogen and oxygen atoms in total. The number of hydrogen-bond acceptors (Lipinski definition) is 8. The van der Waals surface area contributed by atoms with E-state index in [1.807, 2.05) is 36.4 Å². The Hall–Kier alpha value is -3.02. The molecule has 0 aliphatic heterocycles. The third kappa shape index (κ3) is 6.49. The summed E-state index contributed by atoms with van der Waals surface area (Å²) in [6.45, 7) is 0. The Kier molecular flexibility index (Phi) is 7.78. The molecule has 1 aromatic heterocycles. The molecule has 0 aliphatic rings. The molecule has 4 rings (SSSR count). The van der Waals surface area contributed by atoms with Crippen molar-refractivity contribution in [1.82, 2.24) is 15.0 Å². The molecule has 0 saturated heterocycles. The van der Waals surface area contributed by atoms with E-state index in [4.69, 9.17) is 14.0 Å². The fourth-order valence-electron chi connectivity index (χ4n) is 2.51.